The molecule has 0 bridgehead atoms. The van der Waals surface area contributed by atoms with Gasteiger partial charge >= 0.3 is 0 Å². The second kappa shape index (κ2) is 6.84. The molecular formula is C18H11N3OS3. The van der Waals surface area contributed by atoms with Gasteiger partial charge in [0, 0.05) is 21.6 Å². The number of H-pyrrole nitrogens is 1. The summed E-state index contributed by atoms with van der Waals surface area (Å²) in [6, 6.07) is 13.6. The maximum atomic E-state index is 12.5. The number of nitrogens with zero attached hydrogens (tertiary/aromatic N) is 2. The van der Waals surface area contributed by atoms with E-state index in [1.54, 1.807) is 17.4 Å². The Morgan fingerprint density at radius 3 is 2.96 bits per heavy atom. The molecule has 4 rings (SSSR count). The first-order chi connectivity index (χ1) is 12.2. The van der Waals surface area contributed by atoms with Crippen molar-refractivity contribution < 1.29 is 0 Å². The number of thioether (sulfide) groups is 1. The van der Waals surface area contributed by atoms with E-state index in [0.717, 1.165) is 20.8 Å². The van der Waals surface area contributed by atoms with Gasteiger partial charge in [-0.05, 0) is 29.1 Å². The predicted octanol–water partition coefficient (Wildman–Crippen LogP) is 4.88. The minimum Gasteiger partial charge on any atom is -0.301 e. The summed E-state index contributed by atoms with van der Waals surface area (Å²) in [5.41, 5.74) is 2.50. The highest BCUT2D eigenvalue weighted by Crippen LogP contribution is 2.34. The van der Waals surface area contributed by atoms with Crippen LogP contribution in [-0.2, 0) is 5.75 Å². The van der Waals surface area contributed by atoms with Crippen molar-refractivity contribution in [3.63, 3.8) is 0 Å². The predicted molar refractivity (Wildman–Crippen MR) is 104 cm³/mol. The van der Waals surface area contributed by atoms with E-state index in [2.05, 4.69) is 16.0 Å². The number of nitrogens with one attached hydrogen (secondary N) is 1. The third-order valence-corrected chi connectivity index (χ3v) is 6.36. The van der Waals surface area contributed by atoms with Crippen LogP contribution in [0.1, 0.15) is 11.1 Å². The Labute approximate surface area is 155 Å². The number of thiophene rings is 2. The molecular weight excluding hydrogens is 370 g/mol. The lowest BCUT2D eigenvalue weighted by Crippen LogP contribution is -2.08. The topological polar surface area (TPSA) is 69.5 Å². The van der Waals surface area contributed by atoms with E-state index in [9.17, 15) is 4.79 Å². The van der Waals surface area contributed by atoms with Gasteiger partial charge < -0.3 is 4.98 Å². The average molecular weight is 382 g/mol. The Kier molecular flexibility index (Phi) is 4.40. The van der Waals surface area contributed by atoms with E-state index in [-0.39, 0.29) is 5.56 Å². The van der Waals surface area contributed by atoms with Gasteiger partial charge in [0.05, 0.1) is 17.0 Å². The molecule has 0 saturated heterocycles. The first-order valence-corrected chi connectivity index (χ1v) is 10.2. The van der Waals surface area contributed by atoms with Crippen LogP contribution in [0.4, 0.5) is 0 Å². The summed E-state index contributed by atoms with van der Waals surface area (Å²) >= 11 is 4.56. The smallest absolute Gasteiger partial charge is 0.260 e. The van der Waals surface area contributed by atoms with Crippen LogP contribution in [-0.4, -0.2) is 9.97 Å². The summed E-state index contributed by atoms with van der Waals surface area (Å²) in [5, 5.41) is 14.2. The SMILES string of the molecule is N#Cc1cccc(CSc2nc3scc(-c4cccs4)c3c(=O)[nH]2)c1. The Bertz CT molecular complexity index is 1140. The van der Waals surface area contributed by atoms with E-state index in [1.165, 1.54) is 23.1 Å². The van der Waals surface area contributed by atoms with Gasteiger partial charge in [-0.25, -0.2) is 4.98 Å². The van der Waals surface area contributed by atoms with Crippen molar-refractivity contribution >= 4 is 44.7 Å². The Morgan fingerprint density at radius 2 is 2.16 bits per heavy atom. The molecule has 0 aliphatic heterocycles. The number of aromatic amines is 1. The van der Waals surface area contributed by atoms with Crippen molar-refractivity contribution in [3.8, 4) is 16.5 Å². The quantitative estimate of drug-likeness (QED) is 0.404. The van der Waals surface area contributed by atoms with Crippen LogP contribution in [0.5, 0.6) is 0 Å². The summed E-state index contributed by atoms with van der Waals surface area (Å²) in [6.45, 7) is 0. The van der Waals surface area contributed by atoms with Gasteiger partial charge in [0.15, 0.2) is 5.16 Å². The Balaban J connectivity index is 1.63. The van der Waals surface area contributed by atoms with Crippen molar-refractivity contribution in [3.05, 3.63) is 68.6 Å². The summed E-state index contributed by atoms with van der Waals surface area (Å²) in [5.74, 6) is 0.646. The lowest BCUT2D eigenvalue weighted by atomic mass is 10.2. The van der Waals surface area contributed by atoms with Crippen LogP contribution in [0.3, 0.4) is 0 Å². The fourth-order valence-electron chi connectivity index (χ4n) is 2.49. The molecule has 0 unspecified atom stereocenters. The molecule has 0 atom stereocenters. The number of hydrogen-bond donors (Lipinski definition) is 1. The minimum atomic E-state index is -0.108. The molecule has 122 valence electrons. The zero-order valence-electron chi connectivity index (χ0n) is 12.9. The molecule has 0 saturated carbocycles. The zero-order valence-corrected chi connectivity index (χ0v) is 15.3. The number of benzene rings is 1. The molecule has 0 amide bonds. The van der Waals surface area contributed by atoms with Gasteiger partial charge in [0.1, 0.15) is 4.83 Å². The summed E-state index contributed by atoms with van der Waals surface area (Å²) < 4.78 is 0. The third-order valence-electron chi connectivity index (χ3n) is 3.64. The molecule has 1 N–H and O–H groups in total. The van der Waals surface area contributed by atoms with E-state index < -0.39 is 0 Å². The molecule has 4 nitrogen and oxygen atoms in total. The number of hydrogen-bond acceptors (Lipinski definition) is 6. The molecule has 1 aromatic carbocycles. The van der Waals surface area contributed by atoms with Crippen LogP contribution >= 0.6 is 34.4 Å². The molecule has 0 aliphatic rings. The summed E-state index contributed by atoms with van der Waals surface area (Å²) in [6.07, 6.45) is 0. The van der Waals surface area contributed by atoms with Gasteiger partial charge in [0.25, 0.3) is 5.56 Å². The number of rotatable bonds is 4. The zero-order chi connectivity index (χ0) is 17.2. The lowest BCUT2D eigenvalue weighted by Gasteiger charge is -2.02. The highest BCUT2D eigenvalue weighted by molar-refractivity contribution is 7.98. The van der Waals surface area contributed by atoms with E-state index >= 15 is 0 Å². The number of aromatic nitrogens is 2. The van der Waals surface area contributed by atoms with E-state index in [4.69, 9.17) is 5.26 Å². The van der Waals surface area contributed by atoms with Crippen molar-refractivity contribution in [2.45, 2.75) is 10.9 Å². The second-order valence-electron chi connectivity index (χ2n) is 5.28. The van der Waals surface area contributed by atoms with Crippen LogP contribution < -0.4 is 5.56 Å². The Morgan fingerprint density at radius 1 is 1.24 bits per heavy atom. The van der Waals surface area contributed by atoms with Gasteiger partial charge in [0.2, 0.25) is 0 Å². The first kappa shape index (κ1) is 16.1. The van der Waals surface area contributed by atoms with Crippen molar-refractivity contribution in [1.29, 1.82) is 5.26 Å². The molecule has 0 fully saturated rings. The number of fused-ring (bicyclic) bond motifs is 1. The fourth-order valence-corrected chi connectivity index (χ4v) is 5.12. The molecule has 4 aromatic rings. The minimum absolute atomic E-state index is 0.108. The largest absolute Gasteiger partial charge is 0.301 e. The molecule has 3 heterocycles. The molecule has 3 aromatic heterocycles. The normalized spacial score (nSPS) is 10.8. The van der Waals surface area contributed by atoms with Crippen molar-refractivity contribution in [2.24, 2.45) is 0 Å². The maximum Gasteiger partial charge on any atom is 0.260 e. The molecule has 0 aliphatic carbocycles. The van der Waals surface area contributed by atoms with E-state index in [1.807, 2.05) is 41.1 Å². The number of nitriles is 1. The lowest BCUT2D eigenvalue weighted by molar-refractivity contribution is 0.980. The van der Waals surface area contributed by atoms with Gasteiger partial charge in [-0.3, -0.25) is 4.79 Å². The van der Waals surface area contributed by atoms with Gasteiger partial charge in [-0.15, -0.1) is 22.7 Å². The standard InChI is InChI=1S/C18H11N3OS3/c19-8-11-3-1-4-12(7-11)9-25-18-20-16(22)15-13(10-24-17(15)21-18)14-5-2-6-23-14/h1-7,10H,9H2,(H,20,21,22). The highest BCUT2D eigenvalue weighted by Gasteiger charge is 2.13. The maximum absolute atomic E-state index is 12.5. The Hall–Kier alpha value is -2.40. The van der Waals surface area contributed by atoms with Crippen molar-refractivity contribution in [1.82, 2.24) is 9.97 Å². The van der Waals surface area contributed by atoms with Gasteiger partial charge in [-0.1, -0.05) is 30.0 Å². The average Bonchev–Trinajstić information content (AvgIpc) is 3.29. The first-order valence-electron chi connectivity index (χ1n) is 7.42. The third kappa shape index (κ3) is 3.24. The molecule has 0 radical (unpaired) electrons. The summed E-state index contributed by atoms with van der Waals surface area (Å²) in [4.78, 5) is 21.8. The molecule has 25 heavy (non-hydrogen) atoms. The van der Waals surface area contributed by atoms with Crippen LogP contribution in [0.2, 0.25) is 0 Å². The van der Waals surface area contributed by atoms with Gasteiger partial charge in [-0.2, -0.15) is 5.26 Å². The van der Waals surface area contributed by atoms with Crippen molar-refractivity contribution in [2.75, 3.05) is 0 Å². The highest BCUT2D eigenvalue weighted by atomic mass is 32.2. The van der Waals surface area contributed by atoms with E-state index in [0.29, 0.717) is 21.9 Å². The van der Waals surface area contributed by atoms with Crippen LogP contribution in [0.15, 0.2) is 57.1 Å². The second-order valence-corrected chi connectivity index (χ2v) is 8.05. The molecule has 7 heteroatoms. The summed E-state index contributed by atoms with van der Waals surface area (Å²) in [7, 11) is 0. The fraction of sp³-hybridized carbons (Fsp3) is 0.0556. The monoisotopic (exact) mass is 381 g/mol. The molecule has 0 spiro atoms. The van der Waals surface area contributed by atoms with Crippen LogP contribution in [0, 0.1) is 11.3 Å². The van der Waals surface area contributed by atoms with Crippen LogP contribution in [0.25, 0.3) is 20.7 Å².